The normalized spacial score (nSPS) is 12.5. The molecular weight excluding hydrogens is 476 g/mol. The molecule has 206 valence electrons. The van der Waals surface area contributed by atoms with Gasteiger partial charge in [-0.05, 0) is 67.7 Å². The number of aliphatic hydroxyl groups is 1. The van der Waals surface area contributed by atoms with Gasteiger partial charge in [-0.25, -0.2) is 0 Å². The zero-order chi connectivity index (χ0) is 28.8. The lowest BCUT2D eigenvalue weighted by Crippen LogP contribution is -2.06. The van der Waals surface area contributed by atoms with Gasteiger partial charge in [0.15, 0.2) is 0 Å². The molecule has 1 aliphatic carbocycles. The number of allylic oxidation sites excluding steroid dienone is 8. The average Bonchev–Trinajstić information content (AvgIpc) is 3.18. The number of carbonyl (C=O) groups excluding carboxylic acids is 1. The van der Waals surface area contributed by atoms with E-state index in [1.807, 2.05) is 75.2 Å². The van der Waals surface area contributed by atoms with E-state index in [1.54, 1.807) is 12.2 Å². The standard InChI is InChI=1S/C18H18N2O.C8H15NO.C3H6.C2H5NO/c1-20-13-12-18(19-20)16-7-5-6-15(10-11-16)14-21-17-8-3-2-4-9-17;1-4-8(9-3)7(2)5-6-10;1-3-2;1-2(3)4/h2-6,8-13H,7,14H2,1H3;5-6,9-10H,4H2,1-3H3;3H,1H2,2H3;1H3,(H2,3,4)/b;6-5+,8-7+;;. The van der Waals surface area contributed by atoms with Gasteiger partial charge in [0, 0.05) is 32.9 Å². The summed E-state index contributed by atoms with van der Waals surface area (Å²) in [5, 5.41) is 15.9. The third-order valence-electron chi connectivity index (χ3n) is 4.82. The molecule has 1 aliphatic rings. The Kier molecular flexibility index (Phi) is 18.5. The molecule has 1 amide bonds. The minimum atomic E-state index is -0.333. The van der Waals surface area contributed by atoms with Gasteiger partial charge in [0.1, 0.15) is 12.4 Å². The van der Waals surface area contributed by atoms with Crippen molar-refractivity contribution in [3.05, 3.63) is 114 Å². The van der Waals surface area contributed by atoms with Crippen LogP contribution in [0.5, 0.6) is 5.75 Å². The molecule has 1 aromatic heterocycles. The van der Waals surface area contributed by atoms with Gasteiger partial charge < -0.3 is 20.9 Å². The molecule has 7 nitrogen and oxygen atoms in total. The third kappa shape index (κ3) is 15.7. The number of amides is 1. The minimum absolute atomic E-state index is 0.333. The van der Waals surface area contributed by atoms with Crippen molar-refractivity contribution in [3.8, 4) is 5.75 Å². The fourth-order valence-electron chi connectivity index (χ4n) is 3.09. The van der Waals surface area contributed by atoms with E-state index in [2.05, 4.69) is 54.0 Å². The zero-order valence-electron chi connectivity index (χ0n) is 23.6. The van der Waals surface area contributed by atoms with Crippen LogP contribution in [0.3, 0.4) is 0 Å². The van der Waals surface area contributed by atoms with Crippen LogP contribution in [0.4, 0.5) is 0 Å². The van der Waals surface area contributed by atoms with Crippen LogP contribution in [0.1, 0.15) is 46.2 Å². The number of benzene rings is 1. The molecule has 0 unspecified atom stereocenters. The Morgan fingerprint density at radius 2 is 1.87 bits per heavy atom. The Morgan fingerprint density at radius 1 is 1.24 bits per heavy atom. The highest BCUT2D eigenvalue weighted by molar-refractivity contribution is 5.70. The summed E-state index contributed by atoms with van der Waals surface area (Å²) in [6, 6.07) is 11.9. The smallest absolute Gasteiger partial charge is 0.214 e. The van der Waals surface area contributed by atoms with Crippen LogP contribution in [0.25, 0.3) is 5.57 Å². The lowest BCUT2D eigenvalue weighted by atomic mass is 10.1. The van der Waals surface area contributed by atoms with E-state index >= 15 is 0 Å². The predicted octanol–water partition coefficient (Wildman–Crippen LogP) is 6.41. The van der Waals surface area contributed by atoms with Gasteiger partial charge in [-0.3, -0.25) is 9.48 Å². The summed E-state index contributed by atoms with van der Waals surface area (Å²) in [5.74, 6) is 0.560. The van der Waals surface area contributed by atoms with Gasteiger partial charge in [-0.1, -0.05) is 55.5 Å². The van der Waals surface area contributed by atoms with Gasteiger partial charge in [-0.15, -0.1) is 6.58 Å². The molecule has 3 rings (SSSR count). The van der Waals surface area contributed by atoms with Crippen LogP contribution in [0, 0.1) is 0 Å². The maximum atomic E-state index is 9.22. The number of aliphatic hydroxyl groups excluding tert-OH is 1. The molecule has 7 heteroatoms. The number of hydrogen-bond acceptors (Lipinski definition) is 5. The predicted molar refractivity (Wildman–Crippen MR) is 160 cm³/mol. The number of nitrogens with zero attached hydrogens (tertiary/aromatic N) is 2. The first-order valence-corrected chi connectivity index (χ1v) is 12.5. The number of para-hydroxylation sites is 1. The van der Waals surface area contributed by atoms with Crippen LogP contribution in [0.15, 0.2) is 109 Å². The van der Waals surface area contributed by atoms with Crippen LogP contribution in [-0.4, -0.2) is 34.4 Å². The van der Waals surface area contributed by atoms with Crippen molar-refractivity contribution in [1.29, 1.82) is 0 Å². The Morgan fingerprint density at radius 3 is 2.37 bits per heavy atom. The Balaban J connectivity index is 0.000000673. The monoisotopic (exact) mass is 520 g/mol. The molecule has 2 aromatic rings. The van der Waals surface area contributed by atoms with Crippen LogP contribution >= 0.6 is 0 Å². The van der Waals surface area contributed by atoms with Gasteiger partial charge in [0.2, 0.25) is 5.91 Å². The molecule has 0 saturated heterocycles. The van der Waals surface area contributed by atoms with E-state index in [4.69, 9.17) is 9.84 Å². The summed E-state index contributed by atoms with van der Waals surface area (Å²) in [4.78, 5) is 9.22. The number of aromatic nitrogens is 2. The van der Waals surface area contributed by atoms with Crippen molar-refractivity contribution >= 4 is 11.5 Å². The Labute approximate surface area is 228 Å². The number of hydrogen-bond donors (Lipinski definition) is 3. The number of aryl methyl sites for hydroxylation is 1. The van der Waals surface area contributed by atoms with E-state index in [9.17, 15) is 4.79 Å². The van der Waals surface area contributed by atoms with Crippen LogP contribution < -0.4 is 15.8 Å². The summed E-state index contributed by atoms with van der Waals surface area (Å²) in [6.07, 6.45) is 16.8. The number of carbonyl (C=O) groups is 1. The lowest BCUT2D eigenvalue weighted by molar-refractivity contribution is -0.115. The SMILES string of the molecule is C=CC.CC(N)=O.CC/C(NC)=C(C)\C=C\O.Cn1ccc(C2=CC=C(COc3ccccc3)C=CC2)n1. The first-order chi connectivity index (χ1) is 18.2. The largest absolute Gasteiger partial charge is 0.516 e. The second kappa shape index (κ2) is 20.9. The Bertz CT molecular complexity index is 1100. The first-order valence-electron chi connectivity index (χ1n) is 12.5. The van der Waals surface area contributed by atoms with Gasteiger partial charge in [0.25, 0.3) is 0 Å². The number of nitrogens with one attached hydrogen (secondary N) is 1. The topological polar surface area (TPSA) is 102 Å². The summed E-state index contributed by atoms with van der Waals surface area (Å²) in [5.41, 5.74) is 10.1. The second-order valence-corrected chi connectivity index (χ2v) is 8.12. The van der Waals surface area contributed by atoms with Crippen molar-refractivity contribution < 1.29 is 14.6 Å². The van der Waals surface area contributed by atoms with E-state index in [0.29, 0.717) is 6.61 Å². The molecule has 0 fully saturated rings. The molecule has 1 aromatic carbocycles. The number of primary amides is 1. The zero-order valence-corrected chi connectivity index (χ0v) is 23.6. The highest BCUT2D eigenvalue weighted by atomic mass is 16.5. The molecule has 4 N–H and O–H groups in total. The summed E-state index contributed by atoms with van der Waals surface area (Å²) in [6.45, 7) is 11.2. The average molecular weight is 521 g/mol. The van der Waals surface area contributed by atoms with Crippen LogP contribution in [-0.2, 0) is 11.8 Å². The molecule has 0 aliphatic heterocycles. The lowest BCUT2D eigenvalue weighted by Gasteiger charge is -2.05. The van der Waals surface area contributed by atoms with Crippen molar-refractivity contribution in [2.24, 2.45) is 12.8 Å². The molecule has 38 heavy (non-hydrogen) atoms. The third-order valence-corrected chi connectivity index (χ3v) is 4.82. The summed E-state index contributed by atoms with van der Waals surface area (Å²) < 4.78 is 7.60. The number of nitrogens with two attached hydrogens (primary N) is 1. The maximum Gasteiger partial charge on any atom is 0.214 e. The summed E-state index contributed by atoms with van der Waals surface area (Å²) >= 11 is 0. The maximum absolute atomic E-state index is 9.22. The molecule has 0 bridgehead atoms. The Hall–Kier alpha value is -4.26. The van der Waals surface area contributed by atoms with E-state index in [0.717, 1.165) is 47.4 Å². The molecular formula is C31H44N4O3. The molecule has 0 atom stereocenters. The molecule has 0 saturated carbocycles. The van der Waals surface area contributed by atoms with Gasteiger partial charge in [-0.2, -0.15) is 5.10 Å². The van der Waals surface area contributed by atoms with Crippen molar-refractivity contribution in [1.82, 2.24) is 15.1 Å². The van der Waals surface area contributed by atoms with Crippen molar-refractivity contribution in [2.45, 2.75) is 40.5 Å². The first kappa shape index (κ1) is 33.7. The number of rotatable bonds is 7. The quantitative estimate of drug-likeness (QED) is 0.222. The van der Waals surface area contributed by atoms with Gasteiger partial charge >= 0.3 is 0 Å². The molecule has 0 spiro atoms. The van der Waals surface area contributed by atoms with E-state index in [-0.39, 0.29) is 5.91 Å². The highest BCUT2D eigenvalue weighted by Gasteiger charge is 2.05. The summed E-state index contributed by atoms with van der Waals surface area (Å²) in [7, 11) is 3.82. The second-order valence-electron chi connectivity index (χ2n) is 8.12. The van der Waals surface area contributed by atoms with Crippen LogP contribution in [0.2, 0.25) is 0 Å². The molecule has 0 radical (unpaired) electrons. The fraction of sp³-hybridized carbons (Fsp3) is 0.290. The highest BCUT2D eigenvalue weighted by Crippen LogP contribution is 2.21. The van der Waals surface area contributed by atoms with Gasteiger partial charge in [0.05, 0.1) is 12.0 Å². The molecule has 1 heterocycles. The fourth-order valence-corrected chi connectivity index (χ4v) is 3.09. The van der Waals surface area contributed by atoms with E-state index < -0.39 is 0 Å². The van der Waals surface area contributed by atoms with Crippen molar-refractivity contribution in [2.75, 3.05) is 13.7 Å². The number of ether oxygens (including phenoxy) is 1. The van der Waals surface area contributed by atoms with Crippen molar-refractivity contribution in [3.63, 3.8) is 0 Å². The van der Waals surface area contributed by atoms with E-state index in [1.165, 1.54) is 12.5 Å². The minimum Gasteiger partial charge on any atom is -0.516 e.